The van der Waals surface area contributed by atoms with Gasteiger partial charge in [0, 0.05) is 32.9 Å². The molecule has 1 rings (SSSR count). The van der Waals surface area contributed by atoms with Crippen LogP contribution in [0.3, 0.4) is 0 Å². The first-order valence-electron chi connectivity index (χ1n) is 6.60. The van der Waals surface area contributed by atoms with Gasteiger partial charge in [0.25, 0.3) is 0 Å². The Hall–Kier alpha value is -0.900. The van der Waals surface area contributed by atoms with Crippen LogP contribution in [-0.2, 0) is 9.47 Å². The van der Waals surface area contributed by atoms with Gasteiger partial charge in [0.2, 0.25) is 0 Å². The van der Waals surface area contributed by atoms with Crippen LogP contribution in [0.5, 0.6) is 0 Å². The fraction of sp³-hybridized carbons (Fsp3) is 0.600. The Kier molecular flexibility index (Phi) is 7.65. The van der Waals surface area contributed by atoms with Crippen molar-refractivity contribution < 1.29 is 9.47 Å². The SMILES string of the molecule is COCCCOCCNC(C)c1ccc(C)cc1. The second-order valence-electron chi connectivity index (χ2n) is 4.55. The van der Waals surface area contributed by atoms with Gasteiger partial charge < -0.3 is 14.8 Å². The number of nitrogens with one attached hydrogen (secondary N) is 1. The van der Waals surface area contributed by atoms with Gasteiger partial charge in [-0.3, -0.25) is 0 Å². The smallest absolute Gasteiger partial charge is 0.0591 e. The first-order chi connectivity index (χ1) is 8.74. The first-order valence-corrected chi connectivity index (χ1v) is 6.60. The Morgan fingerprint density at radius 1 is 1.11 bits per heavy atom. The number of methoxy groups -OCH3 is 1. The van der Waals surface area contributed by atoms with Gasteiger partial charge in [-0.1, -0.05) is 29.8 Å². The van der Waals surface area contributed by atoms with Gasteiger partial charge in [-0.15, -0.1) is 0 Å². The molecule has 3 heteroatoms. The maximum Gasteiger partial charge on any atom is 0.0591 e. The molecule has 0 aliphatic rings. The Balaban J connectivity index is 2.10. The lowest BCUT2D eigenvalue weighted by molar-refractivity contribution is 0.103. The van der Waals surface area contributed by atoms with E-state index in [1.165, 1.54) is 11.1 Å². The number of hydrogen-bond acceptors (Lipinski definition) is 3. The molecule has 0 aliphatic carbocycles. The zero-order valence-corrected chi connectivity index (χ0v) is 11.7. The molecule has 0 aliphatic heterocycles. The number of rotatable bonds is 9. The van der Waals surface area contributed by atoms with Crippen LogP contribution in [0.25, 0.3) is 0 Å². The highest BCUT2D eigenvalue weighted by atomic mass is 16.5. The summed E-state index contributed by atoms with van der Waals surface area (Å²) in [7, 11) is 1.71. The lowest BCUT2D eigenvalue weighted by Crippen LogP contribution is -2.23. The molecule has 102 valence electrons. The van der Waals surface area contributed by atoms with Gasteiger partial charge in [0.1, 0.15) is 0 Å². The van der Waals surface area contributed by atoms with Gasteiger partial charge in [-0.05, 0) is 25.8 Å². The van der Waals surface area contributed by atoms with Crippen LogP contribution in [0.4, 0.5) is 0 Å². The number of aryl methyl sites for hydroxylation is 1. The molecule has 0 aromatic heterocycles. The van der Waals surface area contributed by atoms with Crippen LogP contribution in [0.1, 0.15) is 30.5 Å². The summed E-state index contributed by atoms with van der Waals surface area (Å²) >= 11 is 0. The Morgan fingerprint density at radius 3 is 2.50 bits per heavy atom. The van der Waals surface area contributed by atoms with Crippen molar-refractivity contribution in [1.29, 1.82) is 0 Å². The summed E-state index contributed by atoms with van der Waals surface area (Å²) in [5.74, 6) is 0. The van der Waals surface area contributed by atoms with Crippen LogP contribution >= 0.6 is 0 Å². The molecule has 1 aromatic rings. The van der Waals surface area contributed by atoms with Gasteiger partial charge in [0.15, 0.2) is 0 Å². The average Bonchev–Trinajstić information content (AvgIpc) is 2.38. The highest BCUT2D eigenvalue weighted by Crippen LogP contribution is 2.12. The number of hydrogen-bond donors (Lipinski definition) is 1. The van der Waals surface area contributed by atoms with Crippen molar-refractivity contribution in [2.75, 3.05) is 33.5 Å². The molecule has 18 heavy (non-hydrogen) atoms. The van der Waals surface area contributed by atoms with E-state index in [4.69, 9.17) is 9.47 Å². The Bertz CT molecular complexity index is 311. The third kappa shape index (κ3) is 6.15. The Labute approximate surface area is 110 Å². The summed E-state index contributed by atoms with van der Waals surface area (Å²) in [4.78, 5) is 0. The van der Waals surface area contributed by atoms with Gasteiger partial charge >= 0.3 is 0 Å². The van der Waals surface area contributed by atoms with E-state index in [0.29, 0.717) is 6.04 Å². The van der Waals surface area contributed by atoms with Crippen molar-refractivity contribution >= 4 is 0 Å². The fourth-order valence-electron chi connectivity index (χ4n) is 1.73. The third-order valence-corrected chi connectivity index (χ3v) is 2.91. The molecular formula is C15H25NO2. The zero-order chi connectivity index (χ0) is 13.2. The van der Waals surface area contributed by atoms with E-state index in [9.17, 15) is 0 Å². The molecule has 3 nitrogen and oxygen atoms in total. The van der Waals surface area contributed by atoms with Gasteiger partial charge in [0.05, 0.1) is 6.61 Å². The second-order valence-corrected chi connectivity index (χ2v) is 4.55. The number of benzene rings is 1. The molecule has 0 saturated carbocycles. The Morgan fingerprint density at radius 2 is 1.83 bits per heavy atom. The summed E-state index contributed by atoms with van der Waals surface area (Å²) in [6, 6.07) is 9.01. The summed E-state index contributed by atoms with van der Waals surface area (Å²) in [5, 5.41) is 3.45. The highest BCUT2D eigenvalue weighted by Gasteiger charge is 2.03. The van der Waals surface area contributed by atoms with Crippen molar-refractivity contribution in [2.24, 2.45) is 0 Å². The minimum absolute atomic E-state index is 0.369. The molecule has 0 bridgehead atoms. The van der Waals surface area contributed by atoms with Crippen LogP contribution in [-0.4, -0.2) is 33.5 Å². The lowest BCUT2D eigenvalue weighted by Gasteiger charge is -2.14. The van der Waals surface area contributed by atoms with E-state index < -0.39 is 0 Å². The van der Waals surface area contributed by atoms with Crippen molar-refractivity contribution in [3.8, 4) is 0 Å². The monoisotopic (exact) mass is 251 g/mol. The molecule has 1 unspecified atom stereocenters. The maximum atomic E-state index is 5.50. The molecule has 0 radical (unpaired) electrons. The van der Waals surface area contributed by atoms with E-state index in [2.05, 4.69) is 43.4 Å². The van der Waals surface area contributed by atoms with Crippen molar-refractivity contribution in [1.82, 2.24) is 5.32 Å². The zero-order valence-electron chi connectivity index (χ0n) is 11.7. The van der Waals surface area contributed by atoms with Crippen LogP contribution in [0.2, 0.25) is 0 Å². The predicted octanol–water partition coefficient (Wildman–Crippen LogP) is 2.70. The van der Waals surface area contributed by atoms with Crippen LogP contribution in [0.15, 0.2) is 24.3 Å². The first kappa shape index (κ1) is 15.2. The summed E-state index contributed by atoms with van der Waals surface area (Å²) < 4.78 is 10.5. The molecule has 0 heterocycles. The number of ether oxygens (including phenoxy) is 2. The van der Waals surface area contributed by atoms with Crippen molar-refractivity contribution in [3.05, 3.63) is 35.4 Å². The van der Waals surface area contributed by atoms with E-state index in [1.54, 1.807) is 7.11 Å². The van der Waals surface area contributed by atoms with E-state index >= 15 is 0 Å². The summed E-state index contributed by atoms with van der Waals surface area (Å²) in [6.07, 6.45) is 0.962. The molecule has 0 fully saturated rings. The summed E-state index contributed by atoms with van der Waals surface area (Å²) in [5.41, 5.74) is 2.62. The average molecular weight is 251 g/mol. The van der Waals surface area contributed by atoms with Crippen LogP contribution in [0, 0.1) is 6.92 Å². The summed E-state index contributed by atoms with van der Waals surface area (Å²) in [6.45, 7) is 7.45. The second kappa shape index (κ2) is 9.09. The molecule has 1 atom stereocenters. The highest BCUT2D eigenvalue weighted by molar-refractivity contribution is 5.23. The normalized spacial score (nSPS) is 12.6. The molecule has 0 spiro atoms. The van der Waals surface area contributed by atoms with Gasteiger partial charge in [-0.25, -0.2) is 0 Å². The molecule has 0 amide bonds. The van der Waals surface area contributed by atoms with E-state index in [0.717, 1.165) is 32.8 Å². The van der Waals surface area contributed by atoms with E-state index in [1.807, 2.05) is 0 Å². The minimum atomic E-state index is 0.369. The van der Waals surface area contributed by atoms with E-state index in [-0.39, 0.29) is 0 Å². The fourth-order valence-corrected chi connectivity index (χ4v) is 1.73. The van der Waals surface area contributed by atoms with Crippen molar-refractivity contribution in [3.63, 3.8) is 0 Å². The van der Waals surface area contributed by atoms with Crippen molar-refractivity contribution in [2.45, 2.75) is 26.3 Å². The third-order valence-electron chi connectivity index (χ3n) is 2.91. The standard InChI is InChI=1S/C15H25NO2/c1-13-5-7-15(8-6-13)14(2)16-9-12-18-11-4-10-17-3/h5-8,14,16H,4,9-12H2,1-3H3. The largest absolute Gasteiger partial charge is 0.385 e. The van der Waals surface area contributed by atoms with Crippen LogP contribution < -0.4 is 5.32 Å². The molecule has 1 aromatic carbocycles. The van der Waals surface area contributed by atoms with Gasteiger partial charge in [-0.2, -0.15) is 0 Å². The quantitative estimate of drug-likeness (QED) is 0.685. The maximum absolute atomic E-state index is 5.50. The molecule has 0 saturated heterocycles. The molecule has 1 N–H and O–H groups in total. The minimum Gasteiger partial charge on any atom is -0.385 e. The molecular weight excluding hydrogens is 226 g/mol. The predicted molar refractivity (Wildman–Crippen MR) is 74.9 cm³/mol. The topological polar surface area (TPSA) is 30.5 Å². The lowest BCUT2D eigenvalue weighted by atomic mass is 10.1.